The number of rotatable bonds is 13. The molecule has 3 rings (SSSR count). The molecule has 41 heavy (non-hydrogen) atoms. The molecule has 0 fully saturated rings. The number of anilines is 1. The van der Waals surface area contributed by atoms with Gasteiger partial charge >= 0.3 is 0 Å². The fraction of sp³-hybridized carbons (Fsp3) is 0.310. The van der Waals surface area contributed by atoms with Gasteiger partial charge in [0.05, 0.1) is 17.2 Å². The Kier molecular flexibility index (Phi) is 11.7. The Morgan fingerprint density at radius 2 is 1.54 bits per heavy atom. The first-order valence-corrected chi connectivity index (χ1v) is 15.6. The summed E-state index contributed by atoms with van der Waals surface area (Å²) in [6, 6.07) is 16.0. The maximum atomic E-state index is 14.0. The number of ether oxygens (including phenoxy) is 1. The lowest BCUT2D eigenvalue weighted by molar-refractivity contribution is -0.140. The van der Waals surface area contributed by atoms with E-state index in [0.717, 1.165) is 4.31 Å². The number of hydrogen-bond acceptors (Lipinski definition) is 5. The molecule has 0 aliphatic rings. The van der Waals surface area contributed by atoms with E-state index < -0.39 is 28.5 Å². The van der Waals surface area contributed by atoms with Gasteiger partial charge in [0.1, 0.15) is 18.3 Å². The molecule has 0 saturated carbocycles. The zero-order valence-corrected chi connectivity index (χ0v) is 26.0. The monoisotopic (exact) mass is 639 g/mol. The number of halogens is 3. The highest BCUT2D eigenvalue weighted by Gasteiger charge is 2.34. The molecule has 12 heteroatoms. The van der Waals surface area contributed by atoms with Gasteiger partial charge in [-0.25, -0.2) is 8.42 Å². The fourth-order valence-corrected chi connectivity index (χ4v) is 6.19. The van der Waals surface area contributed by atoms with Gasteiger partial charge in [-0.05, 0) is 86.5 Å². The molecular formula is C29H32Cl3N3O5S. The number of sulfonamides is 1. The summed E-state index contributed by atoms with van der Waals surface area (Å²) in [6.07, 6.45) is 0.287. The molecule has 0 radical (unpaired) electrons. The van der Waals surface area contributed by atoms with Crippen LogP contribution in [-0.2, 0) is 26.2 Å². The van der Waals surface area contributed by atoms with Crippen molar-refractivity contribution in [1.82, 2.24) is 10.2 Å². The number of carbonyl (C=O) groups is 2. The summed E-state index contributed by atoms with van der Waals surface area (Å²) >= 11 is 18.5. The Bertz CT molecular complexity index is 1450. The van der Waals surface area contributed by atoms with Crippen LogP contribution in [0.15, 0.2) is 71.6 Å². The van der Waals surface area contributed by atoms with Crippen molar-refractivity contribution < 1.29 is 22.7 Å². The molecule has 0 aromatic heterocycles. The second-order valence-electron chi connectivity index (χ2n) is 8.97. The molecule has 3 aromatic carbocycles. The first-order chi connectivity index (χ1) is 19.5. The van der Waals surface area contributed by atoms with E-state index in [-0.39, 0.29) is 29.5 Å². The zero-order chi connectivity index (χ0) is 30.2. The van der Waals surface area contributed by atoms with Gasteiger partial charge in [-0.15, -0.1) is 0 Å². The highest BCUT2D eigenvalue weighted by atomic mass is 35.5. The molecule has 0 aliphatic heterocycles. The van der Waals surface area contributed by atoms with E-state index >= 15 is 0 Å². The summed E-state index contributed by atoms with van der Waals surface area (Å²) < 4.78 is 34.3. The van der Waals surface area contributed by atoms with E-state index in [2.05, 4.69) is 5.32 Å². The molecule has 0 saturated heterocycles. The maximum Gasteiger partial charge on any atom is 0.264 e. The summed E-state index contributed by atoms with van der Waals surface area (Å²) in [6.45, 7) is 5.57. The third kappa shape index (κ3) is 8.29. The van der Waals surface area contributed by atoms with Gasteiger partial charge in [0.25, 0.3) is 10.0 Å². The standard InChI is InChI=1S/C29H32Cl3N3O5S/c1-4-27(29(37)33-5-2)34(18-20-7-8-22(31)17-26(20)32)28(36)19-35(23-11-13-24(14-12-23)40-6-3)41(38,39)25-15-9-21(30)10-16-25/h7-17,27H,4-6,18-19H2,1-3H3,(H,33,37)/t27-/m0/s1. The van der Waals surface area contributed by atoms with Crippen molar-refractivity contribution >= 4 is 62.3 Å². The number of nitrogens with zero attached hydrogens (tertiary/aromatic N) is 2. The third-order valence-corrected chi connectivity index (χ3v) is 8.84. The van der Waals surface area contributed by atoms with Crippen LogP contribution >= 0.6 is 34.8 Å². The van der Waals surface area contributed by atoms with E-state index in [9.17, 15) is 18.0 Å². The van der Waals surface area contributed by atoms with Gasteiger partial charge in [0.2, 0.25) is 11.8 Å². The smallest absolute Gasteiger partial charge is 0.264 e. The Morgan fingerprint density at radius 3 is 2.10 bits per heavy atom. The molecule has 1 N–H and O–H groups in total. The molecule has 0 bridgehead atoms. The largest absolute Gasteiger partial charge is 0.494 e. The van der Waals surface area contributed by atoms with Crippen molar-refractivity contribution in [3.63, 3.8) is 0 Å². The SMILES string of the molecule is CCNC(=O)[C@H](CC)N(Cc1ccc(Cl)cc1Cl)C(=O)CN(c1ccc(OCC)cc1)S(=O)(=O)c1ccc(Cl)cc1. The lowest BCUT2D eigenvalue weighted by Gasteiger charge is -2.33. The van der Waals surface area contributed by atoms with Crippen LogP contribution in [0.5, 0.6) is 5.75 Å². The Balaban J connectivity index is 2.08. The van der Waals surface area contributed by atoms with Crippen LogP contribution in [0.1, 0.15) is 32.8 Å². The summed E-state index contributed by atoms with van der Waals surface area (Å²) in [5.74, 6) is -0.408. The minimum atomic E-state index is -4.23. The molecule has 2 amide bonds. The normalized spacial score (nSPS) is 12.0. The van der Waals surface area contributed by atoms with Crippen molar-refractivity contribution in [1.29, 1.82) is 0 Å². The van der Waals surface area contributed by atoms with Gasteiger partial charge in [-0.2, -0.15) is 0 Å². The van der Waals surface area contributed by atoms with E-state index in [1.165, 1.54) is 29.2 Å². The predicted molar refractivity (Wildman–Crippen MR) is 163 cm³/mol. The van der Waals surface area contributed by atoms with Crippen molar-refractivity contribution in [2.24, 2.45) is 0 Å². The van der Waals surface area contributed by atoms with Crippen LogP contribution in [0, 0.1) is 0 Å². The predicted octanol–water partition coefficient (Wildman–Crippen LogP) is 6.18. The Morgan fingerprint density at radius 1 is 0.902 bits per heavy atom. The summed E-state index contributed by atoms with van der Waals surface area (Å²) in [4.78, 5) is 28.4. The van der Waals surface area contributed by atoms with Gasteiger partial charge in [0, 0.05) is 28.2 Å². The van der Waals surface area contributed by atoms with Gasteiger partial charge in [-0.3, -0.25) is 13.9 Å². The minimum Gasteiger partial charge on any atom is -0.494 e. The second kappa shape index (κ2) is 14.8. The highest BCUT2D eigenvalue weighted by Crippen LogP contribution is 2.28. The lowest BCUT2D eigenvalue weighted by atomic mass is 10.1. The second-order valence-corrected chi connectivity index (χ2v) is 12.1. The maximum absolute atomic E-state index is 14.0. The van der Waals surface area contributed by atoms with Gasteiger partial charge in [0.15, 0.2) is 0 Å². The molecule has 220 valence electrons. The number of hydrogen-bond donors (Lipinski definition) is 1. The number of nitrogens with one attached hydrogen (secondary N) is 1. The van der Waals surface area contributed by atoms with Crippen LogP contribution < -0.4 is 14.4 Å². The molecule has 0 aliphatic carbocycles. The Labute approximate surface area is 256 Å². The zero-order valence-electron chi connectivity index (χ0n) is 22.9. The minimum absolute atomic E-state index is 0.0391. The lowest BCUT2D eigenvalue weighted by Crippen LogP contribution is -2.52. The first kappa shape index (κ1) is 32.5. The van der Waals surface area contributed by atoms with Crippen LogP contribution in [-0.4, -0.2) is 50.9 Å². The van der Waals surface area contributed by atoms with E-state index in [1.54, 1.807) is 56.3 Å². The molecule has 0 heterocycles. The van der Waals surface area contributed by atoms with E-state index in [1.807, 2.05) is 6.92 Å². The number of amides is 2. The van der Waals surface area contributed by atoms with Crippen molar-refractivity contribution in [2.75, 3.05) is 24.0 Å². The average Bonchev–Trinajstić information content (AvgIpc) is 2.93. The molecule has 3 aromatic rings. The average molecular weight is 641 g/mol. The van der Waals surface area contributed by atoms with Gasteiger partial charge in [-0.1, -0.05) is 47.8 Å². The quantitative estimate of drug-likeness (QED) is 0.241. The van der Waals surface area contributed by atoms with E-state index in [4.69, 9.17) is 39.5 Å². The topological polar surface area (TPSA) is 96.0 Å². The summed E-state index contributed by atoms with van der Waals surface area (Å²) in [7, 11) is -4.23. The van der Waals surface area contributed by atoms with Crippen LogP contribution in [0.3, 0.4) is 0 Å². The van der Waals surface area contributed by atoms with Crippen molar-refractivity contribution in [2.45, 2.75) is 44.7 Å². The fourth-order valence-electron chi connectivity index (χ4n) is 4.18. The summed E-state index contributed by atoms with van der Waals surface area (Å²) in [5.41, 5.74) is 0.799. The molecule has 0 spiro atoms. The summed E-state index contributed by atoms with van der Waals surface area (Å²) in [5, 5.41) is 3.87. The highest BCUT2D eigenvalue weighted by molar-refractivity contribution is 7.92. The molecule has 1 atom stereocenters. The molecule has 8 nitrogen and oxygen atoms in total. The van der Waals surface area contributed by atoms with Crippen molar-refractivity contribution in [3.8, 4) is 5.75 Å². The third-order valence-electron chi connectivity index (χ3n) is 6.21. The van der Waals surface area contributed by atoms with Crippen LogP contribution in [0.2, 0.25) is 15.1 Å². The molecule has 0 unspecified atom stereocenters. The van der Waals surface area contributed by atoms with Crippen LogP contribution in [0.25, 0.3) is 0 Å². The number of likely N-dealkylation sites (N-methyl/N-ethyl adjacent to an activating group) is 1. The van der Waals surface area contributed by atoms with Crippen molar-refractivity contribution in [3.05, 3.63) is 87.4 Å². The van der Waals surface area contributed by atoms with Crippen LogP contribution in [0.4, 0.5) is 5.69 Å². The molecular weight excluding hydrogens is 609 g/mol. The first-order valence-electron chi connectivity index (χ1n) is 13.0. The van der Waals surface area contributed by atoms with E-state index in [0.29, 0.717) is 39.5 Å². The number of carbonyl (C=O) groups excluding carboxylic acids is 2. The number of benzene rings is 3. The Hall–Kier alpha value is -2.98. The van der Waals surface area contributed by atoms with Gasteiger partial charge < -0.3 is 15.0 Å².